The van der Waals surface area contributed by atoms with Crippen molar-refractivity contribution in [2.45, 2.75) is 25.0 Å². The van der Waals surface area contributed by atoms with Crippen molar-refractivity contribution in [2.24, 2.45) is 11.8 Å². The molecule has 0 aromatic heterocycles. The summed E-state index contributed by atoms with van der Waals surface area (Å²) in [6.07, 6.45) is 1.26. The number of ether oxygens (including phenoxy) is 1. The van der Waals surface area contributed by atoms with Gasteiger partial charge in [-0.15, -0.1) is 0 Å². The SMILES string of the molecule is CN1C(=O)c2ccc(N3C(=O)[C@@H]4[C@H](C3=O)[C@H]3CC[C@@H]4O3)cc2C1=O. The number of amides is 4. The molecule has 0 spiro atoms. The fourth-order valence-electron chi connectivity index (χ4n) is 4.45. The molecule has 122 valence electrons. The van der Waals surface area contributed by atoms with Gasteiger partial charge in [-0.2, -0.15) is 0 Å². The second-order valence-corrected chi connectivity index (χ2v) is 6.75. The molecule has 0 N–H and O–H groups in total. The van der Waals surface area contributed by atoms with Crippen molar-refractivity contribution in [2.75, 3.05) is 11.9 Å². The number of nitrogens with zero attached hydrogens (tertiary/aromatic N) is 2. The highest BCUT2D eigenvalue weighted by atomic mass is 16.5. The third-order valence-corrected chi connectivity index (χ3v) is 5.62. The minimum absolute atomic E-state index is 0.176. The lowest BCUT2D eigenvalue weighted by Gasteiger charge is -2.17. The molecule has 3 fully saturated rings. The Hall–Kier alpha value is -2.54. The second kappa shape index (κ2) is 4.30. The smallest absolute Gasteiger partial charge is 0.261 e. The lowest BCUT2D eigenvalue weighted by molar-refractivity contribution is -0.124. The van der Waals surface area contributed by atoms with E-state index < -0.39 is 17.7 Å². The molecule has 0 saturated carbocycles. The highest BCUT2D eigenvalue weighted by molar-refractivity contribution is 6.25. The van der Waals surface area contributed by atoms with E-state index in [-0.39, 0.29) is 35.5 Å². The lowest BCUT2D eigenvalue weighted by atomic mass is 9.81. The molecule has 24 heavy (non-hydrogen) atoms. The number of carbonyl (C=O) groups is 4. The summed E-state index contributed by atoms with van der Waals surface area (Å²) in [5.74, 6) is -2.14. The molecule has 0 radical (unpaired) electrons. The average Bonchev–Trinajstić information content (AvgIpc) is 3.30. The quantitative estimate of drug-likeness (QED) is 0.705. The molecule has 7 nitrogen and oxygen atoms in total. The van der Waals surface area contributed by atoms with Gasteiger partial charge in [-0.1, -0.05) is 0 Å². The zero-order valence-electron chi connectivity index (χ0n) is 12.9. The zero-order valence-corrected chi connectivity index (χ0v) is 12.9. The van der Waals surface area contributed by atoms with Crippen LogP contribution >= 0.6 is 0 Å². The number of hydrogen-bond acceptors (Lipinski definition) is 5. The Bertz CT molecular complexity index is 819. The zero-order chi connectivity index (χ0) is 16.7. The van der Waals surface area contributed by atoms with Crippen LogP contribution in [0.2, 0.25) is 0 Å². The fraction of sp³-hybridized carbons (Fsp3) is 0.412. The summed E-state index contributed by atoms with van der Waals surface area (Å²) in [6, 6.07) is 4.54. The Morgan fingerprint density at radius 3 is 2.12 bits per heavy atom. The molecule has 2 bridgehead atoms. The predicted octanol–water partition coefficient (Wildman–Crippen LogP) is 0.579. The van der Waals surface area contributed by atoms with E-state index in [0.717, 1.165) is 17.7 Å². The third-order valence-electron chi connectivity index (χ3n) is 5.62. The first-order valence-electron chi connectivity index (χ1n) is 7.99. The van der Waals surface area contributed by atoms with Gasteiger partial charge < -0.3 is 4.74 Å². The van der Waals surface area contributed by atoms with Crippen molar-refractivity contribution >= 4 is 29.3 Å². The van der Waals surface area contributed by atoms with E-state index in [2.05, 4.69) is 0 Å². The second-order valence-electron chi connectivity index (χ2n) is 6.75. The highest BCUT2D eigenvalue weighted by Gasteiger charge is 2.62. The molecular weight excluding hydrogens is 312 g/mol. The molecule has 1 aromatic rings. The van der Waals surface area contributed by atoms with Crippen LogP contribution < -0.4 is 4.90 Å². The van der Waals surface area contributed by atoms with E-state index in [1.54, 1.807) is 6.07 Å². The number of imide groups is 2. The minimum Gasteiger partial charge on any atom is -0.373 e. The van der Waals surface area contributed by atoms with Crippen LogP contribution in [0.3, 0.4) is 0 Å². The first-order chi connectivity index (χ1) is 11.5. The average molecular weight is 326 g/mol. The largest absolute Gasteiger partial charge is 0.373 e. The molecule has 0 aliphatic carbocycles. The van der Waals surface area contributed by atoms with Crippen molar-refractivity contribution in [1.29, 1.82) is 0 Å². The summed E-state index contributed by atoms with van der Waals surface area (Å²) in [5, 5.41) is 0. The van der Waals surface area contributed by atoms with E-state index in [4.69, 9.17) is 4.74 Å². The maximum Gasteiger partial charge on any atom is 0.261 e. The summed E-state index contributed by atoms with van der Waals surface area (Å²) >= 11 is 0. The van der Waals surface area contributed by atoms with Gasteiger partial charge in [0.25, 0.3) is 11.8 Å². The molecule has 1 aromatic carbocycles. The van der Waals surface area contributed by atoms with E-state index in [1.807, 2.05) is 0 Å². The minimum atomic E-state index is -0.417. The first kappa shape index (κ1) is 13.9. The maximum absolute atomic E-state index is 12.8. The van der Waals surface area contributed by atoms with E-state index in [0.29, 0.717) is 11.3 Å². The summed E-state index contributed by atoms with van der Waals surface area (Å²) in [5.41, 5.74) is 0.889. The van der Waals surface area contributed by atoms with Gasteiger partial charge in [0.15, 0.2) is 0 Å². The summed E-state index contributed by atoms with van der Waals surface area (Å²) < 4.78 is 5.71. The molecular formula is C17H14N2O5. The van der Waals surface area contributed by atoms with Crippen LogP contribution in [0.15, 0.2) is 18.2 Å². The molecule has 0 unspecified atom stereocenters. The van der Waals surface area contributed by atoms with Crippen molar-refractivity contribution in [3.63, 3.8) is 0 Å². The molecule has 5 rings (SSSR count). The molecule has 4 aliphatic heterocycles. The van der Waals surface area contributed by atoms with Crippen LogP contribution in [0, 0.1) is 11.8 Å². The van der Waals surface area contributed by atoms with Gasteiger partial charge in [0, 0.05) is 7.05 Å². The van der Waals surface area contributed by atoms with Crippen molar-refractivity contribution in [3.8, 4) is 0 Å². The van der Waals surface area contributed by atoms with Crippen LogP contribution in [0.25, 0.3) is 0 Å². The van der Waals surface area contributed by atoms with Crippen LogP contribution in [0.1, 0.15) is 33.6 Å². The molecule has 4 aliphatic rings. The van der Waals surface area contributed by atoms with Gasteiger partial charge in [-0.25, -0.2) is 4.90 Å². The Morgan fingerprint density at radius 2 is 1.50 bits per heavy atom. The molecule has 3 saturated heterocycles. The number of rotatable bonds is 1. The number of fused-ring (bicyclic) bond motifs is 6. The van der Waals surface area contributed by atoms with Crippen LogP contribution in [-0.4, -0.2) is 47.8 Å². The molecule has 7 heteroatoms. The highest BCUT2D eigenvalue weighted by Crippen LogP contribution is 2.49. The predicted molar refractivity (Wildman–Crippen MR) is 80.2 cm³/mol. The van der Waals surface area contributed by atoms with Gasteiger partial charge in [0.1, 0.15) is 0 Å². The van der Waals surface area contributed by atoms with E-state index >= 15 is 0 Å². The van der Waals surface area contributed by atoms with Gasteiger partial charge in [0.05, 0.1) is 40.9 Å². The van der Waals surface area contributed by atoms with E-state index in [9.17, 15) is 19.2 Å². The van der Waals surface area contributed by atoms with Gasteiger partial charge >= 0.3 is 0 Å². The summed E-state index contributed by atoms with van der Waals surface area (Å²) in [7, 11) is 1.41. The van der Waals surface area contributed by atoms with Gasteiger partial charge in [-0.3, -0.25) is 24.1 Å². The van der Waals surface area contributed by atoms with Gasteiger partial charge in [0.2, 0.25) is 11.8 Å². The van der Waals surface area contributed by atoms with Crippen molar-refractivity contribution < 1.29 is 23.9 Å². The third kappa shape index (κ3) is 1.46. The summed E-state index contributed by atoms with van der Waals surface area (Å²) in [4.78, 5) is 51.8. The Balaban J connectivity index is 1.57. The van der Waals surface area contributed by atoms with Crippen molar-refractivity contribution in [3.05, 3.63) is 29.3 Å². The topological polar surface area (TPSA) is 84.0 Å². The van der Waals surface area contributed by atoms with Crippen molar-refractivity contribution in [1.82, 2.24) is 4.90 Å². The van der Waals surface area contributed by atoms with Crippen LogP contribution in [0.4, 0.5) is 5.69 Å². The monoisotopic (exact) mass is 326 g/mol. The van der Waals surface area contributed by atoms with Crippen LogP contribution in [0.5, 0.6) is 0 Å². The fourth-order valence-corrected chi connectivity index (χ4v) is 4.45. The Kier molecular flexibility index (Phi) is 2.48. The van der Waals surface area contributed by atoms with E-state index in [1.165, 1.54) is 24.1 Å². The number of anilines is 1. The number of benzene rings is 1. The molecule has 4 heterocycles. The van der Waals surface area contributed by atoms with Gasteiger partial charge in [-0.05, 0) is 31.0 Å². The standard InChI is InChI=1S/C17H14N2O5/c1-18-14(20)8-3-2-7(6-9(8)15(18)21)19-16(22)12-10-4-5-11(24-10)13(12)17(19)23/h2-3,6,10-13H,4-5H2,1H3/t10-,11+,12-,13+. The number of carbonyl (C=O) groups excluding carboxylic acids is 4. The molecule has 4 atom stereocenters. The maximum atomic E-state index is 12.8. The summed E-state index contributed by atoms with van der Waals surface area (Å²) in [6.45, 7) is 0. The normalized spacial score (nSPS) is 33.7. The van der Waals surface area contributed by atoms with Crippen LogP contribution in [-0.2, 0) is 14.3 Å². The first-order valence-corrected chi connectivity index (χ1v) is 7.99. The molecule has 4 amide bonds. The Morgan fingerprint density at radius 1 is 0.917 bits per heavy atom. The Labute approximate surface area is 137 Å². The lowest BCUT2D eigenvalue weighted by Crippen LogP contribution is -2.34. The number of hydrogen-bond donors (Lipinski definition) is 0.